The summed E-state index contributed by atoms with van der Waals surface area (Å²) < 4.78 is 5.14. The minimum absolute atomic E-state index is 0.0319. The van der Waals surface area contributed by atoms with Crippen LogP contribution in [0.15, 0.2) is 48.5 Å². The fraction of sp³-hybridized carbons (Fsp3) is 0.364. The number of methoxy groups -OCH3 is 1. The third-order valence-corrected chi connectivity index (χ3v) is 5.14. The van der Waals surface area contributed by atoms with E-state index in [1.54, 1.807) is 7.11 Å². The van der Waals surface area contributed by atoms with Crippen molar-refractivity contribution in [2.24, 2.45) is 5.92 Å². The van der Waals surface area contributed by atoms with Crippen LogP contribution in [0, 0.1) is 5.92 Å². The second kappa shape index (κ2) is 8.25. The van der Waals surface area contributed by atoms with Gasteiger partial charge in [-0.2, -0.15) is 0 Å². The summed E-state index contributed by atoms with van der Waals surface area (Å²) in [5.74, 6) is 0.899. The summed E-state index contributed by atoms with van der Waals surface area (Å²) in [4.78, 5) is 29.4. The third kappa shape index (κ3) is 4.30. The van der Waals surface area contributed by atoms with Crippen LogP contribution >= 0.6 is 0 Å². The van der Waals surface area contributed by atoms with E-state index < -0.39 is 0 Å². The van der Waals surface area contributed by atoms with Crippen molar-refractivity contribution in [2.75, 3.05) is 39.2 Å². The van der Waals surface area contributed by atoms with E-state index in [0.717, 1.165) is 11.4 Å². The lowest BCUT2D eigenvalue weighted by molar-refractivity contribution is 0.0650. The minimum Gasteiger partial charge on any atom is -0.497 e. The predicted octanol–water partition coefficient (Wildman–Crippen LogP) is 3.50. The first-order chi connectivity index (χ1) is 13.0. The Morgan fingerprint density at radius 3 is 2.26 bits per heavy atom. The van der Waals surface area contributed by atoms with Gasteiger partial charge in [-0.25, -0.2) is 0 Å². The summed E-state index contributed by atoms with van der Waals surface area (Å²) in [5, 5.41) is 0. The molecule has 0 unspecified atom stereocenters. The van der Waals surface area contributed by atoms with Crippen molar-refractivity contribution in [2.45, 2.75) is 12.8 Å². The first-order valence-corrected chi connectivity index (χ1v) is 9.24. The average Bonchev–Trinajstić information content (AvgIpc) is 2.73. The number of carbonyl (C=O) groups excluding carboxylic acids is 2. The average molecular weight is 366 g/mol. The number of hydrogen-bond donors (Lipinski definition) is 0. The number of ketones is 1. The zero-order valence-corrected chi connectivity index (χ0v) is 16.1. The molecule has 1 heterocycles. The molecule has 0 bridgehead atoms. The molecule has 27 heavy (non-hydrogen) atoms. The molecular weight excluding hydrogens is 340 g/mol. The van der Waals surface area contributed by atoms with Gasteiger partial charge in [-0.15, -0.1) is 0 Å². The topological polar surface area (TPSA) is 49.9 Å². The zero-order valence-electron chi connectivity index (χ0n) is 16.1. The SMILES string of the molecule is COc1ccc(C(=O)C2CCN(C(=O)c3cccc(N(C)C)c3)CC2)cc1. The highest BCUT2D eigenvalue weighted by Gasteiger charge is 2.28. The molecule has 0 N–H and O–H groups in total. The van der Waals surface area contributed by atoms with Crippen molar-refractivity contribution < 1.29 is 14.3 Å². The summed E-state index contributed by atoms with van der Waals surface area (Å²) >= 11 is 0. The largest absolute Gasteiger partial charge is 0.497 e. The fourth-order valence-corrected chi connectivity index (χ4v) is 3.44. The Bertz CT molecular complexity index is 807. The fourth-order valence-electron chi connectivity index (χ4n) is 3.44. The van der Waals surface area contributed by atoms with Crippen LogP contribution in [-0.2, 0) is 0 Å². The highest BCUT2D eigenvalue weighted by Crippen LogP contribution is 2.24. The summed E-state index contributed by atoms with van der Waals surface area (Å²) in [6.07, 6.45) is 1.40. The van der Waals surface area contributed by atoms with Gasteiger partial charge < -0.3 is 14.5 Å². The van der Waals surface area contributed by atoms with E-state index in [9.17, 15) is 9.59 Å². The van der Waals surface area contributed by atoms with E-state index in [0.29, 0.717) is 37.1 Å². The maximum Gasteiger partial charge on any atom is 0.253 e. The molecule has 1 fully saturated rings. The van der Waals surface area contributed by atoms with E-state index >= 15 is 0 Å². The molecular formula is C22H26N2O3. The van der Waals surface area contributed by atoms with E-state index in [1.807, 2.05) is 72.4 Å². The molecule has 1 saturated heterocycles. The van der Waals surface area contributed by atoms with Gasteiger partial charge in [0.1, 0.15) is 5.75 Å². The summed E-state index contributed by atoms with van der Waals surface area (Å²) in [5.41, 5.74) is 2.41. The van der Waals surface area contributed by atoms with Crippen molar-refractivity contribution in [1.82, 2.24) is 4.90 Å². The second-order valence-electron chi connectivity index (χ2n) is 7.10. The lowest BCUT2D eigenvalue weighted by atomic mass is 9.88. The lowest BCUT2D eigenvalue weighted by Gasteiger charge is -2.31. The molecule has 0 aromatic heterocycles. The standard InChI is InChI=1S/C22H26N2O3/c1-23(2)19-6-4-5-18(15-19)22(26)24-13-11-17(12-14-24)21(25)16-7-9-20(27-3)10-8-16/h4-10,15,17H,11-14H2,1-3H3. The van der Waals surface area contributed by atoms with E-state index in [1.165, 1.54) is 0 Å². The normalized spacial score (nSPS) is 14.7. The number of benzene rings is 2. The smallest absolute Gasteiger partial charge is 0.253 e. The van der Waals surface area contributed by atoms with Gasteiger partial charge in [-0.3, -0.25) is 9.59 Å². The molecule has 1 aliphatic rings. The molecule has 5 nitrogen and oxygen atoms in total. The van der Waals surface area contributed by atoms with Gasteiger partial charge in [0.05, 0.1) is 7.11 Å². The minimum atomic E-state index is -0.0319. The first kappa shape index (κ1) is 19.0. The molecule has 0 atom stereocenters. The molecule has 2 aromatic carbocycles. The quantitative estimate of drug-likeness (QED) is 0.760. The predicted molar refractivity (Wildman–Crippen MR) is 107 cm³/mol. The van der Waals surface area contributed by atoms with Crippen LogP contribution in [0.3, 0.4) is 0 Å². The Kier molecular flexibility index (Phi) is 5.79. The Hall–Kier alpha value is -2.82. The van der Waals surface area contributed by atoms with Crippen LogP contribution in [0.5, 0.6) is 5.75 Å². The molecule has 0 spiro atoms. The Balaban J connectivity index is 1.61. The maximum atomic E-state index is 12.8. The maximum absolute atomic E-state index is 12.8. The van der Waals surface area contributed by atoms with Crippen molar-refractivity contribution in [1.29, 1.82) is 0 Å². The zero-order chi connectivity index (χ0) is 19.4. The van der Waals surface area contributed by atoms with Gasteiger partial charge in [0.2, 0.25) is 0 Å². The molecule has 1 amide bonds. The van der Waals surface area contributed by atoms with Crippen molar-refractivity contribution in [3.63, 3.8) is 0 Å². The molecule has 3 rings (SSSR count). The molecule has 142 valence electrons. The Labute approximate surface area is 160 Å². The number of ether oxygens (including phenoxy) is 1. The first-order valence-electron chi connectivity index (χ1n) is 9.24. The molecule has 5 heteroatoms. The molecule has 2 aromatic rings. The molecule has 0 aliphatic carbocycles. The second-order valence-corrected chi connectivity index (χ2v) is 7.10. The number of carbonyl (C=O) groups is 2. The Morgan fingerprint density at radius 1 is 1.00 bits per heavy atom. The van der Waals surface area contributed by atoms with Gasteiger partial charge >= 0.3 is 0 Å². The van der Waals surface area contributed by atoms with Gasteiger partial charge in [0.25, 0.3) is 5.91 Å². The summed E-state index contributed by atoms with van der Waals surface area (Å²) in [7, 11) is 5.53. The number of Topliss-reactive ketones (excluding diaryl/α,β-unsaturated/α-hetero) is 1. The summed E-state index contributed by atoms with van der Waals surface area (Å²) in [6.45, 7) is 1.22. The monoisotopic (exact) mass is 366 g/mol. The van der Waals surface area contributed by atoms with Crippen molar-refractivity contribution in [3.8, 4) is 5.75 Å². The number of nitrogens with zero attached hydrogens (tertiary/aromatic N) is 2. The van der Waals surface area contributed by atoms with Gasteiger partial charge in [0.15, 0.2) is 5.78 Å². The van der Waals surface area contributed by atoms with Crippen LogP contribution in [0.2, 0.25) is 0 Å². The van der Waals surface area contributed by atoms with Crippen LogP contribution in [0.25, 0.3) is 0 Å². The summed E-state index contributed by atoms with van der Waals surface area (Å²) in [6, 6.07) is 14.9. The molecule has 1 aliphatic heterocycles. The molecule has 0 radical (unpaired) electrons. The van der Waals surface area contributed by atoms with Gasteiger partial charge in [-0.05, 0) is 55.3 Å². The van der Waals surface area contributed by atoms with Gasteiger partial charge in [-0.1, -0.05) is 6.07 Å². The third-order valence-electron chi connectivity index (χ3n) is 5.14. The number of likely N-dealkylation sites (tertiary alicyclic amines) is 1. The number of amides is 1. The number of anilines is 1. The van der Waals surface area contributed by atoms with Crippen molar-refractivity contribution >= 4 is 17.4 Å². The Morgan fingerprint density at radius 2 is 1.67 bits per heavy atom. The van der Waals surface area contributed by atoms with E-state index in [-0.39, 0.29) is 17.6 Å². The van der Waals surface area contributed by atoms with Crippen LogP contribution in [-0.4, -0.2) is 50.9 Å². The van der Waals surface area contributed by atoms with Gasteiger partial charge in [0, 0.05) is 49.9 Å². The highest BCUT2D eigenvalue weighted by atomic mass is 16.5. The number of rotatable bonds is 5. The van der Waals surface area contributed by atoms with Crippen LogP contribution < -0.4 is 9.64 Å². The van der Waals surface area contributed by atoms with Crippen LogP contribution in [0.1, 0.15) is 33.6 Å². The van der Waals surface area contributed by atoms with Crippen molar-refractivity contribution in [3.05, 3.63) is 59.7 Å². The van der Waals surface area contributed by atoms with E-state index in [2.05, 4.69) is 0 Å². The van der Waals surface area contributed by atoms with E-state index in [4.69, 9.17) is 4.74 Å². The number of piperidine rings is 1. The van der Waals surface area contributed by atoms with Crippen LogP contribution in [0.4, 0.5) is 5.69 Å². The molecule has 0 saturated carbocycles. The lowest BCUT2D eigenvalue weighted by Crippen LogP contribution is -2.40. The number of hydrogen-bond acceptors (Lipinski definition) is 4. The highest BCUT2D eigenvalue weighted by molar-refractivity contribution is 5.98.